The quantitative estimate of drug-likeness (QED) is 0.316. The predicted octanol–water partition coefficient (Wildman–Crippen LogP) is 2.82. The van der Waals surface area contributed by atoms with Crippen molar-refractivity contribution in [2.75, 3.05) is 13.1 Å². The van der Waals surface area contributed by atoms with Crippen LogP contribution in [0.1, 0.15) is 70.4 Å². The number of ether oxygens (including phenoxy) is 2. The number of fused-ring (bicyclic) bond motifs is 2. The van der Waals surface area contributed by atoms with Crippen molar-refractivity contribution in [3.63, 3.8) is 0 Å². The molecular weight excluding hydrogens is 478 g/mol. The SMILES string of the molecule is CC(C)(C)OC(=O)NC(=NCCc1nnc([C@@H]2CC[C@H]3CN2C(=O)N3O)s1)NC(=O)OC(C)(C)C. The van der Waals surface area contributed by atoms with Gasteiger partial charge in [-0.1, -0.05) is 11.3 Å². The molecule has 35 heavy (non-hydrogen) atoms. The number of nitrogens with one attached hydrogen (secondary N) is 2. The second kappa shape index (κ2) is 10.3. The Kier molecular flexibility index (Phi) is 7.84. The maximum Gasteiger partial charge on any atom is 0.414 e. The molecule has 4 amide bonds. The van der Waals surface area contributed by atoms with Gasteiger partial charge in [-0.2, -0.15) is 0 Å². The molecular formula is C21H33N7O6S. The van der Waals surface area contributed by atoms with Gasteiger partial charge in [0.2, 0.25) is 5.96 Å². The maximum atomic E-state index is 12.2. The number of rotatable bonds is 4. The van der Waals surface area contributed by atoms with Gasteiger partial charge in [0.1, 0.15) is 21.2 Å². The fraction of sp³-hybridized carbons (Fsp3) is 0.714. The molecule has 2 atom stereocenters. The van der Waals surface area contributed by atoms with E-state index in [-0.39, 0.29) is 24.6 Å². The average Bonchev–Trinajstić information content (AvgIpc) is 3.25. The summed E-state index contributed by atoms with van der Waals surface area (Å²) in [6.07, 6.45) is 0.245. The predicted molar refractivity (Wildman–Crippen MR) is 126 cm³/mol. The van der Waals surface area contributed by atoms with Crippen molar-refractivity contribution in [1.29, 1.82) is 0 Å². The van der Waals surface area contributed by atoms with Crippen LogP contribution in [0.4, 0.5) is 14.4 Å². The van der Waals surface area contributed by atoms with Crippen LogP contribution in [-0.4, -0.2) is 79.9 Å². The van der Waals surface area contributed by atoms with Crippen molar-refractivity contribution in [3.05, 3.63) is 10.0 Å². The number of amides is 4. The van der Waals surface area contributed by atoms with Crippen LogP contribution in [0.3, 0.4) is 0 Å². The van der Waals surface area contributed by atoms with Gasteiger partial charge >= 0.3 is 18.2 Å². The molecule has 2 fully saturated rings. The van der Waals surface area contributed by atoms with Gasteiger partial charge in [0.25, 0.3) is 0 Å². The zero-order valence-corrected chi connectivity index (χ0v) is 21.6. The molecule has 0 radical (unpaired) electrons. The Morgan fingerprint density at radius 2 is 1.69 bits per heavy atom. The summed E-state index contributed by atoms with van der Waals surface area (Å²) in [5.74, 6) is -0.109. The van der Waals surface area contributed by atoms with Crippen LogP contribution in [0, 0.1) is 0 Å². The Balaban J connectivity index is 1.63. The topological polar surface area (TPSA) is 159 Å². The van der Waals surface area contributed by atoms with Gasteiger partial charge < -0.3 is 14.4 Å². The third-order valence-electron chi connectivity index (χ3n) is 4.95. The van der Waals surface area contributed by atoms with Crippen molar-refractivity contribution in [2.24, 2.45) is 4.99 Å². The second-order valence-corrected chi connectivity index (χ2v) is 11.4. The molecule has 2 aliphatic rings. The smallest absolute Gasteiger partial charge is 0.414 e. The van der Waals surface area contributed by atoms with E-state index < -0.39 is 29.4 Å². The van der Waals surface area contributed by atoms with E-state index in [9.17, 15) is 19.6 Å². The Morgan fingerprint density at radius 1 is 1.09 bits per heavy atom. The Bertz CT molecular complexity index is 952. The summed E-state index contributed by atoms with van der Waals surface area (Å²) in [5.41, 5.74) is -1.46. The minimum atomic E-state index is -0.769. The summed E-state index contributed by atoms with van der Waals surface area (Å²) in [7, 11) is 0. The van der Waals surface area contributed by atoms with Crippen LogP contribution in [0.15, 0.2) is 4.99 Å². The Labute approximate surface area is 207 Å². The number of hydrogen-bond donors (Lipinski definition) is 3. The highest BCUT2D eigenvalue weighted by molar-refractivity contribution is 7.11. The van der Waals surface area contributed by atoms with E-state index in [1.54, 1.807) is 46.4 Å². The summed E-state index contributed by atoms with van der Waals surface area (Å²) in [6, 6.07) is -0.803. The van der Waals surface area contributed by atoms with Crippen LogP contribution in [0.5, 0.6) is 0 Å². The standard InChI is InChI=1S/C21H33N7O6S/c1-20(2,3)33-17(29)23-16(24-18(30)34-21(4,5)6)22-10-9-14-25-26-15(35-14)13-8-7-12-11-27(13)19(31)28(12)32/h12-13,32H,7-11H2,1-6H3,(H2,22,23,24,29,30)/t12-,13-/m0/s1. The normalized spacial score (nSPS) is 19.9. The zero-order valence-electron chi connectivity index (χ0n) is 20.8. The molecule has 2 bridgehead atoms. The van der Waals surface area contributed by atoms with Crippen molar-refractivity contribution < 1.29 is 29.1 Å². The van der Waals surface area contributed by atoms with Crippen LogP contribution in [0.2, 0.25) is 0 Å². The summed E-state index contributed by atoms with van der Waals surface area (Å²) in [4.78, 5) is 42.5. The number of urea groups is 1. The highest BCUT2D eigenvalue weighted by atomic mass is 32.1. The van der Waals surface area contributed by atoms with Gasteiger partial charge in [0.05, 0.1) is 12.1 Å². The van der Waals surface area contributed by atoms with Crippen LogP contribution in [0.25, 0.3) is 0 Å². The number of aliphatic imine (C=N–C) groups is 1. The molecule has 194 valence electrons. The summed E-state index contributed by atoms with van der Waals surface area (Å²) in [5, 5.41) is 25.4. The minimum Gasteiger partial charge on any atom is -0.444 e. The van der Waals surface area contributed by atoms with Crippen LogP contribution < -0.4 is 10.6 Å². The second-order valence-electron chi connectivity index (χ2n) is 10.3. The number of carbonyl (C=O) groups excluding carboxylic acids is 3. The maximum absolute atomic E-state index is 12.2. The number of hydroxylamine groups is 2. The van der Waals surface area contributed by atoms with E-state index in [0.29, 0.717) is 35.8 Å². The summed E-state index contributed by atoms with van der Waals surface area (Å²) >= 11 is 1.37. The highest BCUT2D eigenvalue weighted by Gasteiger charge is 2.45. The molecule has 14 heteroatoms. The van der Waals surface area contributed by atoms with Crippen LogP contribution >= 0.6 is 11.3 Å². The lowest BCUT2D eigenvalue weighted by Gasteiger charge is -2.28. The number of nitrogens with zero attached hydrogens (tertiary/aromatic N) is 5. The van der Waals surface area contributed by atoms with E-state index in [0.717, 1.165) is 5.06 Å². The van der Waals surface area contributed by atoms with E-state index in [2.05, 4.69) is 25.8 Å². The van der Waals surface area contributed by atoms with Gasteiger partial charge in [-0.05, 0) is 54.4 Å². The van der Waals surface area contributed by atoms with Crippen molar-refractivity contribution in [2.45, 2.75) is 84.1 Å². The fourth-order valence-corrected chi connectivity index (χ4v) is 4.56. The summed E-state index contributed by atoms with van der Waals surface area (Å²) in [6.45, 7) is 11.0. The first-order valence-electron chi connectivity index (χ1n) is 11.4. The number of piperidine rings is 1. The molecule has 2 saturated heterocycles. The first-order valence-corrected chi connectivity index (χ1v) is 12.2. The molecule has 2 aliphatic heterocycles. The molecule has 0 spiro atoms. The minimum absolute atomic E-state index is 0.109. The lowest BCUT2D eigenvalue weighted by atomic mass is 10.0. The first-order chi connectivity index (χ1) is 16.2. The third-order valence-corrected chi connectivity index (χ3v) is 6.03. The van der Waals surface area contributed by atoms with Crippen LogP contribution in [-0.2, 0) is 15.9 Å². The number of alkyl carbamates (subject to hydrolysis) is 2. The zero-order chi connectivity index (χ0) is 26.0. The average molecular weight is 512 g/mol. The molecule has 3 N–H and O–H groups in total. The van der Waals surface area contributed by atoms with Crippen molar-refractivity contribution in [3.8, 4) is 0 Å². The van der Waals surface area contributed by atoms with E-state index in [1.807, 2.05) is 0 Å². The van der Waals surface area contributed by atoms with E-state index >= 15 is 0 Å². The van der Waals surface area contributed by atoms with E-state index in [1.165, 1.54) is 11.3 Å². The number of hydrogen-bond acceptors (Lipinski definition) is 10. The molecule has 3 heterocycles. The number of aromatic nitrogens is 2. The van der Waals surface area contributed by atoms with Gasteiger partial charge in [0, 0.05) is 19.5 Å². The molecule has 1 aromatic heterocycles. The molecule has 0 aliphatic carbocycles. The largest absolute Gasteiger partial charge is 0.444 e. The van der Waals surface area contributed by atoms with Crippen molar-refractivity contribution in [1.82, 2.24) is 30.8 Å². The van der Waals surface area contributed by atoms with Gasteiger partial charge in [-0.25, -0.2) is 19.4 Å². The fourth-order valence-electron chi connectivity index (χ4n) is 3.58. The lowest BCUT2D eigenvalue weighted by molar-refractivity contribution is -0.0584. The van der Waals surface area contributed by atoms with Crippen molar-refractivity contribution >= 4 is 35.5 Å². The molecule has 0 saturated carbocycles. The Hall–Kier alpha value is -3.00. The van der Waals surface area contributed by atoms with Gasteiger partial charge in [0.15, 0.2) is 0 Å². The summed E-state index contributed by atoms with van der Waals surface area (Å²) < 4.78 is 10.5. The highest BCUT2D eigenvalue weighted by Crippen LogP contribution is 2.38. The molecule has 1 aromatic rings. The van der Waals surface area contributed by atoms with Gasteiger partial charge in [-0.15, -0.1) is 10.2 Å². The number of guanidine groups is 1. The molecule has 3 rings (SSSR count). The third kappa shape index (κ3) is 7.49. The first kappa shape index (κ1) is 26.6. The molecule has 0 unspecified atom stereocenters. The monoisotopic (exact) mass is 511 g/mol. The number of carbonyl (C=O) groups is 3. The van der Waals surface area contributed by atoms with Gasteiger partial charge in [-0.3, -0.25) is 20.8 Å². The lowest BCUT2D eigenvalue weighted by Crippen LogP contribution is -2.47. The molecule has 13 nitrogen and oxygen atoms in total. The van der Waals surface area contributed by atoms with E-state index in [4.69, 9.17) is 9.47 Å². The Morgan fingerprint density at radius 3 is 2.26 bits per heavy atom. The molecule has 0 aromatic carbocycles.